The van der Waals surface area contributed by atoms with Gasteiger partial charge in [-0.15, -0.1) is 0 Å². The van der Waals surface area contributed by atoms with Gasteiger partial charge in [-0.1, -0.05) is 55.0 Å². The Balaban J connectivity index is 1.72. The highest BCUT2D eigenvalue weighted by molar-refractivity contribution is 6.28. The second kappa shape index (κ2) is 5.92. The molecule has 0 atom stereocenters. The van der Waals surface area contributed by atoms with Gasteiger partial charge in [0.05, 0.1) is 11.4 Å². The Morgan fingerprint density at radius 1 is 0.885 bits per heavy atom. The summed E-state index contributed by atoms with van der Waals surface area (Å²) in [5.74, 6) is 0. The summed E-state index contributed by atoms with van der Waals surface area (Å²) in [5.41, 5.74) is 5.11. The maximum Gasteiger partial charge on any atom is 0.157 e. The predicted octanol–water partition coefficient (Wildman–Crippen LogP) is 4.97. The molecule has 1 spiro atoms. The Kier molecular flexibility index (Phi) is 3.54. The van der Waals surface area contributed by atoms with Crippen molar-refractivity contribution in [3.05, 3.63) is 71.4 Å². The van der Waals surface area contributed by atoms with E-state index in [9.17, 15) is 5.21 Å². The van der Waals surface area contributed by atoms with Crippen molar-refractivity contribution >= 4 is 23.2 Å². The number of fused-ring (bicyclic) bond motifs is 1. The van der Waals surface area contributed by atoms with Crippen LogP contribution in [0, 0.1) is 0 Å². The van der Waals surface area contributed by atoms with Crippen molar-refractivity contribution in [3.8, 4) is 0 Å². The van der Waals surface area contributed by atoms with Crippen LogP contribution in [0.5, 0.6) is 0 Å². The second-order valence-electron chi connectivity index (χ2n) is 7.22. The molecule has 1 N–H and O–H groups in total. The average Bonchev–Trinajstić information content (AvgIpc) is 3.23. The first-order chi connectivity index (χ1) is 12.8. The standard InChI is InChI=1S/C22H21N3O/c26-25-21(18-15-23-19-12-6-5-11-17(18)19)20(16-9-3-1-4-10-16)24-22(25)13-7-2-8-14-22/h1,3-6,9-12,15,26H,2,7-8,13-14H2/b21-18+. The molecule has 2 aliphatic heterocycles. The normalized spacial score (nSPS) is 23.4. The summed E-state index contributed by atoms with van der Waals surface area (Å²) in [5, 5.41) is 12.7. The van der Waals surface area contributed by atoms with Gasteiger partial charge < -0.3 is 0 Å². The van der Waals surface area contributed by atoms with Crippen molar-refractivity contribution in [1.82, 2.24) is 5.06 Å². The van der Waals surface area contributed by atoms with Crippen molar-refractivity contribution in [2.24, 2.45) is 9.98 Å². The molecule has 0 unspecified atom stereocenters. The van der Waals surface area contributed by atoms with Crippen LogP contribution >= 0.6 is 0 Å². The first kappa shape index (κ1) is 15.5. The molecule has 0 saturated heterocycles. The number of hydroxylamine groups is 2. The van der Waals surface area contributed by atoms with Crippen molar-refractivity contribution in [3.63, 3.8) is 0 Å². The van der Waals surface area contributed by atoms with Gasteiger partial charge in [0.1, 0.15) is 5.70 Å². The monoisotopic (exact) mass is 343 g/mol. The van der Waals surface area contributed by atoms with E-state index in [4.69, 9.17) is 4.99 Å². The highest BCUT2D eigenvalue weighted by atomic mass is 16.5. The van der Waals surface area contributed by atoms with Crippen LogP contribution in [0.15, 0.2) is 70.3 Å². The fourth-order valence-corrected chi connectivity index (χ4v) is 4.30. The van der Waals surface area contributed by atoms with Gasteiger partial charge in [-0.2, -0.15) is 0 Å². The van der Waals surface area contributed by atoms with E-state index in [1.807, 2.05) is 42.6 Å². The Labute approximate surface area is 153 Å². The molecule has 4 nitrogen and oxygen atoms in total. The van der Waals surface area contributed by atoms with E-state index in [0.29, 0.717) is 0 Å². The van der Waals surface area contributed by atoms with Gasteiger partial charge in [0.2, 0.25) is 0 Å². The largest absolute Gasteiger partial charge is 0.286 e. The quantitative estimate of drug-likeness (QED) is 0.795. The van der Waals surface area contributed by atoms with Crippen LogP contribution in [-0.4, -0.2) is 27.9 Å². The molecule has 2 aromatic carbocycles. The fraction of sp³-hybridized carbons (Fsp3) is 0.273. The van der Waals surface area contributed by atoms with Gasteiger partial charge in [-0.25, -0.2) is 5.06 Å². The van der Waals surface area contributed by atoms with Gasteiger partial charge in [0.15, 0.2) is 5.66 Å². The highest BCUT2D eigenvalue weighted by Gasteiger charge is 2.46. The molecule has 1 fully saturated rings. The van der Waals surface area contributed by atoms with Gasteiger partial charge in [-0.05, 0) is 31.7 Å². The number of nitrogens with zero attached hydrogens (tertiary/aromatic N) is 3. The molecule has 130 valence electrons. The summed E-state index contributed by atoms with van der Waals surface area (Å²) >= 11 is 0. The topological polar surface area (TPSA) is 48.2 Å². The molecule has 1 aliphatic carbocycles. The van der Waals surface area contributed by atoms with E-state index in [2.05, 4.69) is 23.2 Å². The Morgan fingerprint density at radius 2 is 1.62 bits per heavy atom. The molecule has 0 radical (unpaired) electrons. The van der Waals surface area contributed by atoms with Crippen molar-refractivity contribution in [2.45, 2.75) is 37.8 Å². The maximum absolute atomic E-state index is 11.3. The summed E-state index contributed by atoms with van der Waals surface area (Å²) in [6.45, 7) is 0. The van der Waals surface area contributed by atoms with Crippen LogP contribution in [0.4, 0.5) is 5.69 Å². The van der Waals surface area contributed by atoms with Crippen molar-refractivity contribution in [2.75, 3.05) is 0 Å². The predicted molar refractivity (Wildman–Crippen MR) is 104 cm³/mol. The molecular weight excluding hydrogens is 322 g/mol. The van der Waals surface area contributed by atoms with E-state index < -0.39 is 5.66 Å². The Hall–Kier alpha value is -2.72. The van der Waals surface area contributed by atoms with E-state index in [1.165, 1.54) is 11.5 Å². The zero-order chi connectivity index (χ0) is 17.6. The van der Waals surface area contributed by atoms with Crippen LogP contribution in [-0.2, 0) is 0 Å². The highest BCUT2D eigenvalue weighted by Crippen LogP contribution is 2.45. The smallest absolute Gasteiger partial charge is 0.157 e. The molecule has 2 aromatic rings. The first-order valence-electron chi connectivity index (χ1n) is 9.31. The van der Waals surface area contributed by atoms with E-state index in [1.54, 1.807) is 0 Å². The lowest BCUT2D eigenvalue weighted by atomic mass is 9.89. The van der Waals surface area contributed by atoms with Gasteiger partial charge in [-0.3, -0.25) is 15.2 Å². The zero-order valence-corrected chi connectivity index (χ0v) is 14.6. The number of para-hydroxylation sites is 1. The average molecular weight is 343 g/mol. The molecule has 3 aliphatic rings. The Bertz CT molecular complexity index is 937. The zero-order valence-electron chi connectivity index (χ0n) is 14.6. The van der Waals surface area contributed by atoms with E-state index in [0.717, 1.165) is 59.5 Å². The third kappa shape index (κ3) is 2.26. The lowest BCUT2D eigenvalue weighted by Crippen LogP contribution is -2.42. The van der Waals surface area contributed by atoms with Crippen LogP contribution < -0.4 is 0 Å². The van der Waals surface area contributed by atoms with E-state index >= 15 is 0 Å². The van der Waals surface area contributed by atoms with Crippen molar-refractivity contribution < 1.29 is 5.21 Å². The number of hydrogen-bond acceptors (Lipinski definition) is 4. The molecule has 4 heteroatoms. The van der Waals surface area contributed by atoms with Crippen LogP contribution in [0.2, 0.25) is 0 Å². The molecule has 26 heavy (non-hydrogen) atoms. The molecule has 5 rings (SSSR count). The Morgan fingerprint density at radius 3 is 2.42 bits per heavy atom. The maximum atomic E-state index is 11.3. The lowest BCUT2D eigenvalue weighted by molar-refractivity contribution is -0.138. The summed E-state index contributed by atoms with van der Waals surface area (Å²) < 4.78 is 0. The number of rotatable bonds is 1. The molecule has 0 bridgehead atoms. The minimum absolute atomic E-state index is 0.531. The van der Waals surface area contributed by atoms with Crippen LogP contribution in [0.3, 0.4) is 0 Å². The number of hydrogen-bond donors (Lipinski definition) is 1. The third-order valence-corrected chi connectivity index (χ3v) is 5.63. The minimum Gasteiger partial charge on any atom is -0.286 e. The number of aliphatic imine (C=N–C) groups is 2. The SMILES string of the molecule is ON1/C(=C2\C=Nc3ccccc32)C(c2ccccc2)=NC12CCCCC2. The lowest BCUT2D eigenvalue weighted by Gasteiger charge is -2.36. The summed E-state index contributed by atoms with van der Waals surface area (Å²) in [6, 6.07) is 18.2. The minimum atomic E-state index is -0.531. The summed E-state index contributed by atoms with van der Waals surface area (Å²) in [6.07, 6.45) is 7.03. The number of benzene rings is 2. The first-order valence-corrected chi connectivity index (χ1v) is 9.31. The van der Waals surface area contributed by atoms with Crippen molar-refractivity contribution in [1.29, 1.82) is 0 Å². The van der Waals surface area contributed by atoms with Crippen LogP contribution in [0.25, 0.3) is 5.57 Å². The molecule has 2 heterocycles. The molecule has 1 saturated carbocycles. The number of allylic oxidation sites excluding steroid dienone is 2. The second-order valence-corrected chi connectivity index (χ2v) is 7.22. The fourth-order valence-electron chi connectivity index (χ4n) is 4.30. The molecular formula is C22H21N3O. The van der Waals surface area contributed by atoms with Gasteiger partial charge in [0, 0.05) is 22.9 Å². The third-order valence-electron chi connectivity index (χ3n) is 5.63. The summed E-state index contributed by atoms with van der Waals surface area (Å²) in [7, 11) is 0. The summed E-state index contributed by atoms with van der Waals surface area (Å²) in [4.78, 5) is 9.65. The molecule has 0 aromatic heterocycles. The van der Waals surface area contributed by atoms with Gasteiger partial charge in [0.25, 0.3) is 0 Å². The van der Waals surface area contributed by atoms with Gasteiger partial charge >= 0.3 is 0 Å². The van der Waals surface area contributed by atoms with E-state index in [-0.39, 0.29) is 0 Å². The molecule has 0 amide bonds. The van der Waals surface area contributed by atoms with Crippen LogP contribution in [0.1, 0.15) is 43.2 Å².